The molecule has 112 valence electrons. The van der Waals surface area contributed by atoms with Crippen LogP contribution in [0.5, 0.6) is 0 Å². The number of hydrogen-bond donors (Lipinski definition) is 1. The van der Waals surface area contributed by atoms with Crippen molar-refractivity contribution < 1.29 is 9.47 Å². The lowest BCUT2D eigenvalue weighted by Crippen LogP contribution is -2.36. The van der Waals surface area contributed by atoms with Gasteiger partial charge in [0.2, 0.25) is 0 Å². The van der Waals surface area contributed by atoms with Gasteiger partial charge in [-0.2, -0.15) is 0 Å². The Hall–Kier alpha value is -0.900. The van der Waals surface area contributed by atoms with Crippen molar-refractivity contribution in [1.82, 2.24) is 5.32 Å². The molecule has 0 radical (unpaired) electrons. The quantitative estimate of drug-likeness (QED) is 0.896. The Balaban J connectivity index is 2.07. The second kappa shape index (κ2) is 7.21. The number of aryl methyl sites for hydroxylation is 1. The van der Waals surface area contributed by atoms with Gasteiger partial charge in [-0.3, -0.25) is 0 Å². The van der Waals surface area contributed by atoms with Gasteiger partial charge >= 0.3 is 0 Å². The third-order valence-electron chi connectivity index (χ3n) is 3.94. The van der Waals surface area contributed by atoms with E-state index < -0.39 is 0 Å². The van der Waals surface area contributed by atoms with Crippen molar-refractivity contribution >= 4 is 0 Å². The number of likely N-dealkylation sites (N-methyl/N-ethyl adjacent to an activating group) is 1. The first kappa shape index (κ1) is 15.5. The fraction of sp³-hybridized carbons (Fsp3) is 0.647. The summed E-state index contributed by atoms with van der Waals surface area (Å²) in [5.41, 5.74) is 2.58. The van der Waals surface area contributed by atoms with Crippen molar-refractivity contribution in [2.45, 2.75) is 58.0 Å². The Kier molecular flexibility index (Phi) is 5.58. The second-order valence-corrected chi connectivity index (χ2v) is 5.89. The normalized spacial score (nSPS) is 28.3. The van der Waals surface area contributed by atoms with Crippen LogP contribution in [0.2, 0.25) is 0 Å². The van der Waals surface area contributed by atoms with Crippen LogP contribution in [0.4, 0.5) is 0 Å². The molecule has 2 rings (SSSR count). The maximum absolute atomic E-state index is 6.40. The first-order valence-electron chi connectivity index (χ1n) is 7.61. The van der Waals surface area contributed by atoms with Crippen LogP contribution < -0.4 is 5.32 Å². The van der Waals surface area contributed by atoms with Crippen LogP contribution in [-0.2, 0) is 9.47 Å². The zero-order valence-corrected chi connectivity index (χ0v) is 13.1. The third kappa shape index (κ3) is 4.05. The van der Waals surface area contributed by atoms with Crippen LogP contribution >= 0.6 is 0 Å². The van der Waals surface area contributed by atoms with Crippen molar-refractivity contribution in [3.05, 3.63) is 35.4 Å². The summed E-state index contributed by atoms with van der Waals surface area (Å²) >= 11 is 0. The van der Waals surface area contributed by atoms with Gasteiger partial charge in [-0.1, -0.05) is 24.3 Å². The molecule has 0 bridgehead atoms. The molecule has 0 aliphatic carbocycles. The Morgan fingerprint density at radius 1 is 1.25 bits per heavy atom. The third-order valence-corrected chi connectivity index (χ3v) is 3.94. The molecule has 0 amide bonds. The Labute approximate surface area is 122 Å². The molecule has 3 unspecified atom stereocenters. The van der Waals surface area contributed by atoms with E-state index in [9.17, 15) is 0 Å². The van der Waals surface area contributed by atoms with E-state index in [0.717, 1.165) is 19.4 Å². The molecule has 1 fully saturated rings. The molecule has 0 aromatic heterocycles. The fourth-order valence-corrected chi connectivity index (χ4v) is 3.05. The molecule has 0 spiro atoms. The summed E-state index contributed by atoms with van der Waals surface area (Å²) < 4.78 is 12.2. The predicted octanol–water partition coefficient (Wildman–Crippen LogP) is 3.23. The first-order chi connectivity index (χ1) is 9.60. The van der Waals surface area contributed by atoms with Crippen LogP contribution in [0.25, 0.3) is 0 Å². The van der Waals surface area contributed by atoms with E-state index in [-0.39, 0.29) is 24.4 Å². The highest BCUT2D eigenvalue weighted by atomic mass is 16.5. The first-order valence-corrected chi connectivity index (χ1v) is 7.61. The highest BCUT2D eigenvalue weighted by Gasteiger charge is 2.28. The summed E-state index contributed by atoms with van der Waals surface area (Å²) in [4.78, 5) is 0. The highest BCUT2D eigenvalue weighted by molar-refractivity contribution is 5.28. The Morgan fingerprint density at radius 3 is 2.50 bits per heavy atom. The number of rotatable bonds is 5. The zero-order valence-electron chi connectivity index (χ0n) is 13.1. The van der Waals surface area contributed by atoms with Gasteiger partial charge in [-0.15, -0.1) is 0 Å². The summed E-state index contributed by atoms with van der Waals surface area (Å²) in [5, 5.41) is 3.25. The minimum atomic E-state index is 0.115. The van der Waals surface area contributed by atoms with Crippen molar-refractivity contribution in [2.24, 2.45) is 0 Å². The predicted molar refractivity (Wildman–Crippen MR) is 82.0 cm³/mol. The standard InChI is InChI=1S/C17H27NO2/c1-12-7-5-6-8-16(12)17(11-18-4)20-15-9-13(2)19-14(3)10-15/h5-8,13-15,17-18H,9-11H2,1-4H3. The molecule has 1 aliphatic heterocycles. The molecule has 3 atom stereocenters. The van der Waals surface area contributed by atoms with Crippen molar-refractivity contribution in [1.29, 1.82) is 0 Å². The largest absolute Gasteiger partial charge is 0.375 e. The van der Waals surface area contributed by atoms with Crippen LogP contribution in [0.15, 0.2) is 24.3 Å². The summed E-state index contributed by atoms with van der Waals surface area (Å²) in [6, 6.07) is 8.48. The molecule has 1 N–H and O–H groups in total. The molecular formula is C17H27NO2. The molecule has 1 aromatic rings. The van der Waals surface area contributed by atoms with Gasteiger partial charge in [-0.25, -0.2) is 0 Å². The number of ether oxygens (including phenoxy) is 2. The SMILES string of the molecule is CNCC(OC1CC(C)OC(C)C1)c1ccccc1C. The lowest BCUT2D eigenvalue weighted by molar-refractivity contribution is -0.122. The van der Waals surface area contributed by atoms with Crippen molar-refractivity contribution in [2.75, 3.05) is 13.6 Å². The molecule has 3 nitrogen and oxygen atoms in total. The van der Waals surface area contributed by atoms with E-state index in [1.807, 2.05) is 7.05 Å². The van der Waals surface area contributed by atoms with Crippen LogP contribution in [-0.4, -0.2) is 31.9 Å². The highest BCUT2D eigenvalue weighted by Crippen LogP contribution is 2.28. The fourth-order valence-electron chi connectivity index (χ4n) is 3.05. The average Bonchev–Trinajstić information content (AvgIpc) is 2.37. The topological polar surface area (TPSA) is 30.5 Å². The van der Waals surface area contributed by atoms with E-state index in [4.69, 9.17) is 9.47 Å². The molecule has 1 heterocycles. The van der Waals surface area contributed by atoms with Crippen molar-refractivity contribution in [3.8, 4) is 0 Å². The smallest absolute Gasteiger partial charge is 0.0955 e. The minimum Gasteiger partial charge on any atom is -0.375 e. The van der Waals surface area contributed by atoms with Gasteiger partial charge in [0.05, 0.1) is 24.4 Å². The van der Waals surface area contributed by atoms with Gasteiger partial charge in [0.25, 0.3) is 0 Å². The van der Waals surface area contributed by atoms with E-state index in [1.165, 1.54) is 11.1 Å². The summed E-state index contributed by atoms with van der Waals surface area (Å²) in [7, 11) is 1.98. The summed E-state index contributed by atoms with van der Waals surface area (Å²) in [6.45, 7) is 7.25. The van der Waals surface area contributed by atoms with E-state index in [0.29, 0.717) is 0 Å². The maximum atomic E-state index is 6.40. The molecular weight excluding hydrogens is 250 g/mol. The van der Waals surface area contributed by atoms with Gasteiger partial charge in [0.15, 0.2) is 0 Å². The van der Waals surface area contributed by atoms with Crippen LogP contribution in [0, 0.1) is 6.92 Å². The van der Waals surface area contributed by atoms with Gasteiger partial charge in [0, 0.05) is 6.54 Å². The molecule has 0 saturated carbocycles. The minimum absolute atomic E-state index is 0.115. The van der Waals surface area contributed by atoms with Crippen LogP contribution in [0.1, 0.15) is 43.9 Å². The molecule has 3 heteroatoms. The zero-order chi connectivity index (χ0) is 14.5. The maximum Gasteiger partial charge on any atom is 0.0955 e. The Bertz CT molecular complexity index is 411. The lowest BCUT2D eigenvalue weighted by atomic mass is 10.00. The van der Waals surface area contributed by atoms with Crippen LogP contribution in [0.3, 0.4) is 0 Å². The number of hydrogen-bond acceptors (Lipinski definition) is 3. The second-order valence-electron chi connectivity index (χ2n) is 5.89. The molecule has 20 heavy (non-hydrogen) atoms. The Morgan fingerprint density at radius 2 is 1.90 bits per heavy atom. The number of benzene rings is 1. The van der Waals surface area contributed by atoms with E-state index in [2.05, 4.69) is 50.4 Å². The molecule has 1 saturated heterocycles. The monoisotopic (exact) mass is 277 g/mol. The summed E-state index contributed by atoms with van der Waals surface area (Å²) in [6.07, 6.45) is 2.94. The van der Waals surface area contributed by atoms with Gasteiger partial charge in [0.1, 0.15) is 0 Å². The molecule has 1 aromatic carbocycles. The number of nitrogens with one attached hydrogen (secondary N) is 1. The lowest BCUT2D eigenvalue weighted by Gasteiger charge is -2.34. The average molecular weight is 277 g/mol. The van der Waals surface area contributed by atoms with Crippen molar-refractivity contribution in [3.63, 3.8) is 0 Å². The molecule has 1 aliphatic rings. The van der Waals surface area contributed by atoms with Gasteiger partial charge in [-0.05, 0) is 51.8 Å². The summed E-state index contributed by atoms with van der Waals surface area (Å²) in [5.74, 6) is 0. The van der Waals surface area contributed by atoms with E-state index >= 15 is 0 Å². The van der Waals surface area contributed by atoms with E-state index in [1.54, 1.807) is 0 Å². The van der Waals surface area contributed by atoms with Gasteiger partial charge < -0.3 is 14.8 Å².